The number of aryl methyl sites for hydroxylation is 1. The average molecular weight is 461 g/mol. The van der Waals surface area contributed by atoms with Gasteiger partial charge in [0.1, 0.15) is 18.7 Å². The zero-order valence-corrected chi connectivity index (χ0v) is 17.7. The molecule has 3 atom stereocenters. The Balaban J connectivity index is 1.71. The van der Waals surface area contributed by atoms with Gasteiger partial charge < -0.3 is 25.2 Å². The zero-order valence-electron chi connectivity index (χ0n) is 17.7. The minimum atomic E-state index is -4.60. The monoisotopic (exact) mass is 461 g/mol. The Hall–Kier alpha value is -2.51. The summed E-state index contributed by atoms with van der Waals surface area (Å²) in [5.41, 5.74) is -0.755. The Morgan fingerprint density at radius 3 is 2.75 bits per heavy atom. The van der Waals surface area contributed by atoms with Gasteiger partial charge in [-0.15, -0.1) is 0 Å². The van der Waals surface area contributed by atoms with Crippen molar-refractivity contribution in [2.24, 2.45) is 0 Å². The normalized spacial score (nSPS) is 21.8. The van der Waals surface area contributed by atoms with E-state index in [-0.39, 0.29) is 68.2 Å². The number of ether oxygens (including phenoxy) is 1. The smallest absolute Gasteiger partial charge is 0.433 e. The van der Waals surface area contributed by atoms with E-state index in [1.54, 1.807) is 6.92 Å². The third-order valence-corrected chi connectivity index (χ3v) is 5.48. The van der Waals surface area contributed by atoms with E-state index < -0.39 is 30.2 Å². The van der Waals surface area contributed by atoms with Gasteiger partial charge in [0, 0.05) is 38.2 Å². The van der Waals surface area contributed by atoms with Crippen LogP contribution in [0.2, 0.25) is 0 Å². The first kappa shape index (κ1) is 24.1. The van der Waals surface area contributed by atoms with E-state index in [1.165, 1.54) is 16.7 Å². The summed E-state index contributed by atoms with van der Waals surface area (Å²) < 4.78 is 45.2. The second kappa shape index (κ2) is 9.55. The molecular formula is C19H26F3N5O5. The molecule has 178 valence electrons. The first-order valence-electron chi connectivity index (χ1n) is 10.2. The topological polar surface area (TPSA) is 128 Å². The number of carbonyl (C=O) groups is 2. The maximum absolute atomic E-state index is 13.3. The van der Waals surface area contributed by atoms with Crippen molar-refractivity contribution in [1.29, 1.82) is 0 Å². The second-order valence-electron chi connectivity index (χ2n) is 8.05. The van der Waals surface area contributed by atoms with Gasteiger partial charge >= 0.3 is 12.3 Å². The standard InChI is InChI=1S/C19H26F3N5O5/c1-10-6-27(16(29)9-32-10)7-12(25-18(30)31)5-15(28)26-4-3-13-14(8-26)23-11(2)24-17(13)19(20,21)22/h10,12,15,25,28H,3-9H2,1-2H3,(H,30,31)/t10-,12-,15?/m0/s1. The van der Waals surface area contributed by atoms with Gasteiger partial charge in [-0.1, -0.05) is 0 Å². The van der Waals surface area contributed by atoms with Crippen LogP contribution in [0.15, 0.2) is 0 Å². The number of morpholine rings is 1. The van der Waals surface area contributed by atoms with Gasteiger partial charge in [-0.05, 0) is 20.3 Å². The molecule has 10 nitrogen and oxygen atoms in total. The van der Waals surface area contributed by atoms with Crippen molar-refractivity contribution in [3.05, 3.63) is 22.8 Å². The number of rotatable bonds is 6. The Kier molecular flexibility index (Phi) is 7.20. The molecule has 2 aliphatic rings. The second-order valence-corrected chi connectivity index (χ2v) is 8.05. The number of aliphatic hydroxyl groups is 1. The highest BCUT2D eigenvalue weighted by Gasteiger charge is 2.39. The molecule has 2 aliphatic heterocycles. The summed E-state index contributed by atoms with van der Waals surface area (Å²) in [7, 11) is 0. The fourth-order valence-corrected chi connectivity index (χ4v) is 4.03. The number of halogens is 3. The van der Waals surface area contributed by atoms with Crippen molar-refractivity contribution in [2.75, 3.05) is 26.2 Å². The summed E-state index contributed by atoms with van der Waals surface area (Å²) in [5.74, 6) is -0.300. The number of aliphatic hydroxyl groups excluding tert-OH is 1. The molecule has 0 bridgehead atoms. The SMILES string of the molecule is Cc1nc2c(c(C(F)(F)F)n1)CCN(C(O)C[C@@H](CN1C[C@H](C)OCC1=O)NC(=O)O)C2. The molecule has 1 unspecified atom stereocenters. The van der Waals surface area contributed by atoms with Gasteiger partial charge in [0.05, 0.1) is 17.8 Å². The van der Waals surface area contributed by atoms with Crippen molar-refractivity contribution >= 4 is 12.0 Å². The summed E-state index contributed by atoms with van der Waals surface area (Å²) in [5, 5.41) is 22.2. The van der Waals surface area contributed by atoms with E-state index in [2.05, 4.69) is 15.3 Å². The van der Waals surface area contributed by atoms with Gasteiger partial charge in [0.15, 0.2) is 5.69 Å². The third-order valence-electron chi connectivity index (χ3n) is 5.48. The van der Waals surface area contributed by atoms with E-state index in [0.717, 1.165) is 0 Å². The van der Waals surface area contributed by atoms with E-state index in [0.29, 0.717) is 6.54 Å². The van der Waals surface area contributed by atoms with Crippen LogP contribution in [-0.2, 0) is 28.7 Å². The van der Waals surface area contributed by atoms with Gasteiger partial charge in [-0.3, -0.25) is 9.69 Å². The molecule has 1 aromatic rings. The molecule has 32 heavy (non-hydrogen) atoms. The number of hydrogen-bond donors (Lipinski definition) is 3. The summed E-state index contributed by atoms with van der Waals surface area (Å²) in [4.78, 5) is 34.0. The number of nitrogens with zero attached hydrogens (tertiary/aromatic N) is 4. The molecule has 0 aliphatic carbocycles. The van der Waals surface area contributed by atoms with Crippen LogP contribution in [-0.4, -0.2) is 86.6 Å². The number of fused-ring (bicyclic) bond motifs is 1. The molecule has 1 aromatic heterocycles. The molecule has 1 fully saturated rings. The summed E-state index contributed by atoms with van der Waals surface area (Å²) in [6.45, 7) is 3.48. The molecule has 1 saturated heterocycles. The summed E-state index contributed by atoms with van der Waals surface area (Å²) >= 11 is 0. The molecule has 0 spiro atoms. The number of nitrogens with one attached hydrogen (secondary N) is 1. The quantitative estimate of drug-likeness (QED) is 0.567. The lowest BCUT2D eigenvalue weighted by molar-refractivity contribution is -0.148. The number of amides is 2. The average Bonchev–Trinajstić information content (AvgIpc) is 2.68. The molecule has 13 heteroatoms. The van der Waals surface area contributed by atoms with Crippen LogP contribution in [0.25, 0.3) is 0 Å². The molecule has 3 heterocycles. The lowest BCUT2D eigenvalue weighted by Gasteiger charge is -2.37. The van der Waals surface area contributed by atoms with Crippen molar-refractivity contribution in [2.45, 2.75) is 57.8 Å². The third kappa shape index (κ3) is 5.84. The van der Waals surface area contributed by atoms with Gasteiger partial charge in [0.2, 0.25) is 5.91 Å². The first-order valence-corrected chi connectivity index (χ1v) is 10.2. The van der Waals surface area contributed by atoms with Crippen molar-refractivity contribution in [3.63, 3.8) is 0 Å². The molecule has 3 N–H and O–H groups in total. The molecule has 0 aromatic carbocycles. The van der Waals surface area contributed by atoms with Gasteiger partial charge in [-0.25, -0.2) is 14.8 Å². The van der Waals surface area contributed by atoms with Gasteiger partial charge in [-0.2, -0.15) is 13.2 Å². The lowest BCUT2D eigenvalue weighted by Crippen LogP contribution is -2.53. The van der Waals surface area contributed by atoms with Crippen molar-refractivity contribution in [1.82, 2.24) is 25.1 Å². The van der Waals surface area contributed by atoms with Gasteiger partial charge in [0.25, 0.3) is 0 Å². The van der Waals surface area contributed by atoms with Crippen LogP contribution >= 0.6 is 0 Å². The lowest BCUT2D eigenvalue weighted by atomic mass is 10.0. The Bertz CT molecular complexity index is 868. The minimum Gasteiger partial charge on any atom is -0.465 e. The van der Waals surface area contributed by atoms with E-state index in [9.17, 15) is 27.9 Å². The zero-order chi connectivity index (χ0) is 23.6. The number of aromatic nitrogens is 2. The predicted molar refractivity (Wildman–Crippen MR) is 103 cm³/mol. The van der Waals surface area contributed by atoms with Crippen LogP contribution < -0.4 is 5.32 Å². The Morgan fingerprint density at radius 2 is 2.09 bits per heavy atom. The highest BCUT2D eigenvalue weighted by molar-refractivity contribution is 5.78. The Morgan fingerprint density at radius 1 is 1.38 bits per heavy atom. The van der Waals surface area contributed by atoms with Crippen LogP contribution in [0, 0.1) is 6.92 Å². The number of alkyl halides is 3. The maximum Gasteiger partial charge on any atom is 0.433 e. The fraction of sp³-hybridized carbons (Fsp3) is 0.684. The number of carboxylic acid groups (broad SMARTS) is 1. The first-order chi connectivity index (χ1) is 14.9. The Labute approximate surface area is 182 Å². The highest BCUT2D eigenvalue weighted by Crippen LogP contribution is 2.34. The largest absolute Gasteiger partial charge is 0.465 e. The van der Waals surface area contributed by atoms with Crippen molar-refractivity contribution in [3.8, 4) is 0 Å². The minimum absolute atomic E-state index is 0.00198. The van der Waals surface area contributed by atoms with E-state index in [1.807, 2.05) is 0 Å². The van der Waals surface area contributed by atoms with Crippen LogP contribution in [0.5, 0.6) is 0 Å². The molecule has 0 saturated carbocycles. The fourth-order valence-electron chi connectivity index (χ4n) is 4.03. The van der Waals surface area contributed by atoms with Crippen molar-refractivity contribution < 1.29 is 37.7 Å². The molecule has 3 rings (SSSR count). The van der Waals surface area contributed by atoms with Crippen LogP contribution in [0.1, 0.15) is 36.1 Å². The predicted octanol–water partition coefficient (Wildman–Crippen LogP) is 0.754. The molecule has 2 amide bonds. The number of hydrogen-bond acceptors (Lipinski definition) is 7. The summed E-state index contributed by atoms with van der Waals surface area (Å²) in [6, 6.07) is -0.781. The molecular weight excluding hydrogens is 435 g/mol. The van der Waals surface area contributed by atoms with E-state index >= 15 is 0 Å². The van der Waals surface area contributed by atoms with Crippen LogP contribution in [0.3, 0.4) is 0 Å². The molecule has 0 radical (unpaired) electrons. The van der Waals surface area contributed by atoms with Crippen LogP contribution in [0.4, 0.5) is 18.0 Å². The number of carbonyl (C=O) groups excluding carboxylic acids is 1. The maximum atomic E-state index is 13.3. The summed E-state index contributed by atoms with van der Waals surface area (Å²) in [6.07, 6.45) is -7.32. The highest BCUT2D eigenvalue weighted by atomic mass is 19.4. The van der Waals surface area contributed by atoms with E-state index in [4.69, 9.17) is 9.84 Å².